The van der Waals surface area contributed by atoms with Crippen LogP contribution in [-0.2, 0) is 0 Å². The molecular formula is C17H24ClNS. The molecule has 1 N–H and O–H groups in total. The number of hydrogen-bond acceptors (Lipinski definition) is 2. The molecule has 0 spiro atoms. The van der Waals surface area contributed by atoms with Crippen molar-refractivity contribution in [1.82, 2.24) is 5.32 Å². The third-order valence-electron chi connectivity index (χ3n) is 4.83. The van der Waals surface area contributed by atoms with Gasteiger partial charge in [0.15, 0.2) is 0 Å². The van der Waals surface area contributed by atoms with Crippen LogP contribution in [0.15, 0.2) is 23.1 Å². The second kappa shape index (κ2) is 6.72. The van der Waals surface area contributed by atoms with Crippen molar-refractivity contribution < 1.29 is 0 Å². The van der Waals surface area contributed by atoms with Crippen LogP contribution in [0.25, 0.3) is 0 Å². The molecule has 1 aliphatic heterocycles. The van der Waals surface area contributed by atoms with Crippen LogP contribution in [0.3, 0.4) is 0 Å². The van der Waals surface area contributed by atoms with Crippen LogP contribution >= 0.6 is 23.4 Å². The number of thioether (sulfide) groups is 1. The van der Waals surface area contributed by atoms with Crippen molar-refractivity contribution in [3.8, 4) is 0 Å². The molecular weight excluding hydrogens is 286 g/mol. The van der Waals surface area contributed by atoms with Crippen LogP contribution in [-0.4, -0.2) is 11.8 Å². The normalized spacial score (nSPS) is 25.2. The van der Waals surface area contributed by atoms with E-state index in [0.717, 1.165) is 10.9 Å². The van der Waals surface area contributed by atoms with E-state index in [1.54, 1.807) is 0 Å². The van der Waals surface area contributed by atoms with Crippen molar-refractivity contribution in [1.29, 1.82) is 0 Å². The summed E-state index contributed by atoms with van der Waals surface area (Å²) in [6.45, 7) is 2.38. The van der Waals surface area contributed by atoms with Gasteiger partial charge in [-0.2, -0.15) is 0 Å². The molecule has 20 heavy (non-hydrogen) atoms. The predicted octanol–water partition coefficient (Wildman–Crippen LogP) is 5.44. The molecule has 3 heteroatoms. The molecule has 0 amide bonds. The van der Waals surface area contributed by atoms with Crippen LogP contribution in [0.1, 0.15) is 57.1 Å². The molecule has 2 aliphatic rings. The van der Waals surface area contributed by atoms with E-state index in [1.807, 2.05) is 17.8 Å². The monoisotopic (exact) mass is 309 g/mol. The van der Waals surface area contributed by atoms with Crippen LogP contribution in [0, 0.1) is 5.92 Å². The van der Waals surface area contributed by atoms with E-state index in [4.69, 9.17) is 11.6 Å². The number of rotatable bonds is 3. The van der Waals surface area contributed by atoms with E-state index in [2.05, 4.69) is 24.4 Å². The summed E-state index contributed by atoms with van der Waals surface area (Å²) in [7, 11) is 0. The highest BCUT2D eigenvalue weighted by molar-refractivity contribution is 7.99. The maximum absolute atomic E-state index is 6.19. The summed E-state index contributed by atoms with van der Waals surface area (Å²) in [6.07, 6.45) is 8.28. The molecule has 0 radical (unpaired) electrons. The molecule has 1 heterocycles. The summed E-state index contributed by atoms with van der Waals surface area (Å²) in [6, 6.07) is 7.47. The van der Waals surface area contributed by atoms with Crippen molar-refractivity contribution in [2.24, 2.45) is 5.92 Å². The fourth-order valence-corrected chi connectivity index (χ4v) is 4.91. The lowest BCUT2D eigenvalue weighted by Gasteiger charge is -2.34. The Kier molecular flexibility index (Phi) is 4.95. The zero-order valence-corrected chi connectivity index (χ0v) is 13.8. The quantitative estimate of drug-likeness (QED) is 0.798. The summed E-state index contributed by atoms with van der Waals surface area (Å²) >= 11 is 8.16. The van der Waals surface area contributed by atoms with Gasteiger partial charge in [-0.1, -0.05) is 30.9 Å². The van der Waals surface area contributed by atoms with E-state index < -0.39 is 0 Å². The van der Waals surface area contributed by atoms with E-state index in [1.165, 1.54) is 54.7 Å². The first-order chi connectivity index (χ1) is 9.74. The molecule has 0 aromatic heterocycles. The van der Waals surface area contributed by atoms with Gasteiger partial charge >= 0.3 is 0 Å². The minimum atomic E-state index is 0.488. The zero-order chi connectivity index (χ0) is 13.9. The molecule has 0 saturated heterocycles. The van der Waals surface area contributed by atoms with E-state index in [-0.39, 0.29) is 0 Å². The molecule has 1 nitrogen and oxygen atoms in total. The lowest BCUT2D eigenvalue weighted by Crippen LogP contribution is -2.38. The van der Waals surface area contributed by atoms with Gasteiger partial charge in [-0.25, -0.2) is 0 Å². The molecule has 1 aromatic rings. The molecule has 0 bridgehead atoms. The van der Waals surface area contributed by atoms with Crippen molar-refractivity contribution in [3.63, 3.8) is 0 Å². The van der Waals surface area contributed by atoms with Gasteiger partial charge < -0.3 is 5.32 Å². The van der Waals surface area contributed by atoms with Gasteiger partial charge in [-0.05, 0) is 61.6 Å². The minimum Gasteiger partial charge on any atom is -0.307 e. The maximum atomic E-state index is 6.19. The molecule has 1 aromatic carbocycles. The van der Waals surface area contributed by atoms with Crippen molar-refractivity contribution in [3.05, 3.63) is 28.8 Å². The molecule has 110 valence electrons. The Morgan fingerprint density at radius 1 is 1.20 bits per heavy atom. The van der Waals surface area contributed by atoms with Crippen molar-refractivity contribution in [2.75, 3.05) is 5.75 Å². The molecule has 1 aliphatic carbocycles. The van der Waals surface area contributed by atoms with Crippen LogP contribution in [0.5, 0.6) is 0 Å². The molecule has 1 saturated carbocycles. The maximum Gasteiger partial charge on any atom is 0.0410 e. The number of benzene rings is 1. The number of halogens is 1. The van der Waals surface area contributed by atoms with Gasteiger partial charge in [0.05, 0.1) is 0 Å². The average molecular weight is 310 g/mol. The van der Waals surface area contributed by atoms with Gasteiger partial charge in [0.25, 0.3) is 0 Å². The fraction of sp³-hybridized carbons (Fsp3) is 0.647. The Hall–Kier alpha value is -0.180. The van der Waals surface area contributed by atoms with E-state index >= 15 is 0 Å². The number of hydrogen-bond donors (Lipinski definition) is 1. The standard InChI is InChI=1S/C17H24ClNS/c1-12(13-5-3-2-4-6-13)19-16-9-10-20-17-8-7-14(18)11-15(16)17/h7-8,11-13,16,19H,2-6,9-10H2,1H3/t12-,16?/m1/s1. The van der Waals surface area contributed by atoms with Gasteiger partial charge in [-0.15, -0.1) is 11.8 Å². The first-order valence-corrected chi connectivity index (χ1v) is 9.28. The van der Waals surface area contributed by atoms with Crippen molar-refractivity contribution >= 4 is 23.4 Å². The van der Waals surface area contributed by atoms with Gasteiger partial charge in [0, 0.05) is 22.0 Å². The average Bonchev–Trinajstić information content (AvgIpc) is 2.49. The summed E-state index contributed by atoms with van der Waals surface area (Å²) in [4.78, 5) is 1.41. The van der Waals surface area contributed by atoms with Gasteiger partial charge in [0.1, 0.15) is 0 Å². The predicted molar refractivity (Wildman–Crippen MR) is 88.7 cm³/mol. The lowest BCUT2D eigenvalue weighted by molar-refractivity contribution is 0.261. The van der Waals surface area contributed by atoms with Crippen LogP contribution < -0.4 is 5.32 Å². The van der Waals surface area contributed by atoms with E-state index in [9.17, 15) is 0 Å². The zero-order valence-electron chi connectivity index (χ0n) is 12.2. The van der Waals surface area contributed by atoms with Crippen molar-refractivity contribution in [2.45, 2.75) is 62.4 Å². The summed E-state index contributed by atoms with van der Waals surface area (Å²) in [5.74, 6) is 2.07. The Balaban J connectivity index is 1.70. The number of nitrogens with one attached hydrogen (secondary N) is 1. The van der Waals surface area contributed by atoms with Gasteiger partial charge in [-0.3, -0.25) is 0 Å². The second-order valence-electron chi connectivity index (χ2n) is 6.23. The topological polar surface area (TPSA) is 12.0 Å². The van der Waals surface area contributed by atoms with Gasteiger partial charge in [0.2, 0.25) is 0 Å². The smallest absolute Gasteiger partial charge is 0.0410 e. The second-order valence-corrected chi connectivity index (χ2v) is 7.80. The third kappa shape index (κ3) is 3.35. The number of fused-ring (bicyclic) bond motifs is 1. The van der Waals surface area contributed by atoms with Crippen LogP contribution in [0.4, 0.5) is 0 Å². The Bertz CT molecular complexity index is 456. The Morgan fingerprint density at radius 2 is 2.00 bits per heavy atom. The minimum absolute atomic E-state index is 0.488. The van der Waals surface area contributed by atoms with E-state index in [0.29, 0.717) is 12.1 Å². The molecule has 1 fully saturated rings. The van der Waals surface area contributed by atoms with Crippen LogP contribution in [0.2, 0.25) is 5.02 Å². The third-order valence-corrected chi connectivity index (χ3v) is 6.19. The highest BCUT2D eigenvalue weighted by Crippen LogP contribution is 2.38. The summed E-state index contributed by atoms with van der Waals surface area (Å²) < 4.78 is 0. The highest BCUT2D eigenvalue weighted by atomic mass is 35.5. The fourth-order valence-electron chi connectivity index (χ4n) is 3.63. The molecule has 2 atom stereocenters. The first-order valence-electron chi connectivity index (χ1n) is 7.92. The lowest BCUT2D eigenvalue weighted by atomic mass is 9.84. The summed E-state index contributed by atoms with van der Waals surface area (Å²) in [5.41, 5.74) is 1.41. The largest absolute Gasteiger partial charge is 0.307 e. The first kappa shape index (κ1) is 14.7. The molecule has 1 unspecified atom stereocenters. The highest BCUT2D eigenvalue weighted by Gasteiger charge is 2.26. The Labute approximate surface area is 131 Å². The SMILES string of the molecule is C[C@@H](NC1CCSc2ccc(Cl)cc21)C1CCCCC1. The molecule has 3 rings (SSSR count). The summed E-state index contributed by atoms with van der Waals surface area (Å²) in [5, 5.41) is 4.76. The Morgan fingerprint density at radius 3 is 2.80 bits per heavy atom.